The summed E-state index contributed by atoms with van der Waals surface area (Å²) in [5, 5.41) is 4.05. The fourth-order valence-electron chi connectivity index (χ4n) is 2.12. The molecule has 0 aromatic carbocycles. The van der Waals surface area contributed by atoms with Crippen LogP contribution in [0.3, 0.4) is 0 Å². The lowest BCUT2D eigenvalue weighted by Crippen LogP contribution is -2.33. The fraction of sp³-hybridized carbons (Fsp3) is 0.500. The molecule has 5 nitrogen and oxygen atoms in total. The average molecular weight is 260 g/mol. The third kappa shape index (κ3) is 2.81. The standard InChI is InChI=1S/C14H20N4O/c1-4-7-14(3,15)13-17-12(18-19-13)11-6-8-16-9-10(11)5-2/h6,8-9H,4-5,7,15H2,1-3H3. The second-order valence-electron chi connectivity index (χ2n) is 4.98. The van der Waals surface area contributed by atoms with Crippen molar-refractivity contribution in [1.82, 2.24) is 15.1 Å². The molecule has 0 aliphatic carbocycles. The van der Waals surface area contributed by atoms with Gasteiger partial charge in [0.1, 0.15) is 0 Å². The van der Waals surface area contributed by atoms with Gasteiger partial charge in [-0.25, -0.2) is 0 Å². The maximum atomic E-state index is 6.20. The number of rotatable bonds is 5. The van der Waals surface area contributed by atoms with E-state index < -0.39 is 5.54 Å². The predicted molar refractivity (Wildman–Crippen MR) is 73.4 cm³/mol. The zero-order valence-electron chi connectivity index (χ0n) is 11.7. The number of hydrogen-bond acceptors (Lipinski definition) is 5. The van der Waals surface area contributed by atoms with E-state index in [0.717, 1.165) is 30.4 Å². The van der Waals surface area contributed by atoms with E-state index in [0.29, 0.717) is 11.7 Å². The minimum atomic E-state index is -0.570. The van der Waals surface area contributed by atoms with Crippen LogP contribution in [-0.2, 0) is 12.0 Å². The van der Waals surface area contributed by atoms with Crippen LogP contribution in [0.1, 0.15) is 45.1 Å². The van der Waals surface area contributed by atoms with Crippen LogP contribution >= 0.6 is 0 Å². The molecular formula is C14H20N4O. The molecule has 5 heteroatoms. The first-order chi connectivity index (χ1) is 9.08. The molecule has 2 N–H and O–H groups in total. The number of hydrogen-bond donors (Lipinski definition) is 1. The molecular weight excluding hydrogens is 240 g/mol. The van der Waals surface area contributed by atoms with Gasteiger partial charge in [-0.1, -0.05) is 25.4 Å². The molecule has 2 rings (SSSR count). The van der Waals surface area contributed by atoms with E-state index in [1.54, 1.807) is 6.20 Å². The van der Waals surface area contributed by atoms with Crippen LogP contribution < -0.4 is 5.73 Å². The van der Waals surface area contributed by atoms with E-state index in [2.05, 4.69) is 29.0 Å². The highest BCUT2D eigenvalue weighted by Crippen LogP contribution is 2.26. The van der Waals surface area contributed by atoms with Crippen LogP contribution in [0.25, 0.3) is 11.4 Å². The summed E-state index contributed by atoms with van der Waals surface area (Å²) in [6.45, 7) is 6.08. The van der Waals surface area contributed by atoms with Crippen LogP contribution in [-0.4, -0.2) is 15.1 Å². The van der Waals surface area contributed by atoms with Crippen LogP contribution in [0.15, 0.2) is 23.0 Å². The molecule has 0 saturated carbocycles. The van der Waals surface area contributed by atoms with Gasteiger partial charge in [0.25, 0.3) is 0 Å². The first-order valence-electron chi connectivity index (χ1n) is 6.64. The third-order valence-electron chi connectivity index (χ3n) is 3.21. The highest BCUT2D eigenvalue weighted by atomic mass is 16.5. The van der Waals surface area contributed by atoms with Crippen LogP contribution in [0.4, 0.5) is 0 Å². The first kappa shape index (κ1) is 13.7. The van der Waals surface area contributed by atoms with Crippen molar-refractivity contribution in [1.29, 1.82) is 0 Å². The van der Waals surface area contributed by atoms with E-state index in [9.17, 15) is 0 Å². The summed E-state index contributed by atoms with van der Waals surface area (Å²) in [5.41, 5.74) is 7.69. The number of aryl methyl sites for hydroxylation is 1. The van der Waals surface area contributed by atoms with Crippen LogP contribution in [0.5, 0.6) is 0 Å². The summed E-state index contributed by atoms with van der Waals surface area (Å²) >= 11 is 0. The van der Waals surface area contributed by atoms with Crippen molar-refractivity contribution in [3.8, 4) is 11.4 Å². The summed E-state index contributed by atoms with van der Waals surface area (Å²) in [7, 11) is 0. The Labute approximate surface area is 113 Å². The molecule has 0 saturated heterocycles. The van der Waals surface area contributed by atoms with Gasteiger partial charge >= 0.3 is 0 Å². The number of nitrogens with two attached hydrogens (primary N) is 1. The highest BCUT2D eigenvalue weighted by molar-refractivity contribution is 5.58. The largest absolute Gasteiger partial charge is 0.337 e. The van der Waals surface area contributed by atoms with E-state index in [1.807, 2.05) is 19.2 Å². The Hall–Kier alpha value is -1.75. The topological polar surface area (TPSA) is 77.8 Å². The molecule has 2 aromatic heterocycles. The zero-order chi connectivity index (χ0) is 13.9. The average Bonchev–Trinajstić information content (AvgIpc) is 2.89. The van der Waals surface area contributed by atoms with Crippen molar-refractivity contribution in [2.45, 2.75) is 45.6 Å². The monoisotopic (exact) mass is 260 g/mol. The van der Waals surface area contributed by atoms with Crippen molar-refractivity contribution in [2.75, 3.05) is 0 Å². The van der Waals surface area contributed by atoms with Gasteiger partial charge in [0.05, 0.1) is 5.54 Å². The van der Waals surface area contributed by atoms with Gasteiger partial charge in [0.15, 0.2) is 0 Å². The zero-order valence-corrected chi connectivity index (χ0v) is 11.7. The van der Waals surface area contributed by atoms with Crippen molar-refractivity contribution >= 4 is 0 Å². The number of aromatic nitrogens is 3. The van der Waals surface area contributed by atoms with E-state index in [-0.39, 0.29) is 0 Å². The summed E-state index contributed by atoms with van der Waals surface area (Å²) in [6, 6.07) is 1.90. The van der Waals surface area contributed by atoms with Gasteiger partial charge in [-0.05, 0) is 31.4 Å². The minimum absolute atomic E-state index is 0.489. The molecule has 0 spiro atoms. The summed E-state index contributed by atoms with van der Waals surface area (Å²) < 4.78 is 5.33. The maximum absolute atomic E-state index is 6.20. The molecule has 0 fully saturated rings. The molecule has 0 radical (unpaired) electrons. The van der Waals surface area contributed by atoms with Crippen molar-refractivity contribution in [2.24, 2.45) is 5.73 Å². The Morgan fingerprint density at radius 2 is 2.16 bits per heavy atom. The Kier molecular flexibility index (Phi) is 3.95. The van der Waals surface area contributed by atoms with Gasteiger partial charge in [-0.3, -0.25) is 4.98 Å². The fourth-order valence-corrected chi connectivity index (χ4v) is 2.12. The van der Waals surface area contributed by atoms with Gasteiger partial charge in [-0.15, -0.1) is 0 Å². The molecule has 0 bridgehead atoms. The van der Waals surface area contributed by atoms with Crippen molar-refractivity contribution in [3.63, 3.8) is 0 Å². The van der Waals surface area contributed by atoms with Gasteiger partial charge < -0.3 is 10.3 Å². The van der Waals surface area contributed by atoms with Crippen molar-refractivity contribution < 1.29 is 4.52 Å². The van der Waals surface area contributed by atoms with E-state index in [4.69, 9.17) is 10.3 Å². The smallest absolute Gasteiger partial charge is 0.246 e. The normalized spacial score (nSPS) is 14.3. The predicted octanol–water partition coefficient (Wildman–Crippen LogP) is 2.67. The molecule has 102 valence electrons. The molecule has 19 heavy (non-hydrogen) atoms. The summed E-state index contributed by atoms with van der Waals surface area (Å²) in [6.07, 6.45) is 6.23. The molecule has 2 heterocycles. The van der Waals surface area contributed by atoms with E-state index in [1.165, 1.54) is 0 Å². The SMILES string of the molecule is CCCC(C)(N)c1nc(-c2ccncc2CC)no1. The lowest BCUT2D eigenvalue weighted by molar-refractivity contribution is 0.284. The Bertz CT molecular complexity index is 548. The maximum Gasteiger partial charge on any atom is 0.246 e. The number of nitrogens with zero attached hydrogens (tertiary/aromatic N) is 3. The van der Waals surface area contributed by atoms with Gasteiger partial charge in [-0.2, -0.15) is 4.98 Å². The van der Waals surface area contributed by atoms with E-state index >= 15 is 0 Å². The first-order valence-corrected chi connectivity index (χ1v) is 6.64. The molecule has 2 aromatic rings. The Balaban J connectivity index is 2.36. The third-order valence-corrected chi connectivity index (χ3v) is 3.21. The quantitative estimate of drug-likeness (QED) is 0.894. The second-order valence-corrected chi connectivity index (χ2v) is 4.98. The minimum Gasteiger partial charge on any atom is -0.337 e. The molecule has 0 amide bonds. The molecule has 1 atom stereocenters. The summed E-state index contributed by atoms with van der Waals surface area (Å²) in [5.74, 6) is 1.07. The second kappa shape index (κ2) is 5.48. The highest BCUT2D eigenvalue weighted by Gasteiger charge is 2.27. The lowest BCUT2D eigenvalue weighted by Gasteiger charge is -2.18. The lowest BCUT2D eigenvalue weighted by atomic mass is 9.98. The molecule has 0 aliphatic heterocycles. The molecule has 1 unspecified atom stereocenters. The summed E-state index contributed by atoms with van der Waals surface area (Å²) in [4.78, 5) is 8.56. The van der Waals surface area contributed by atoms with Gasteiger partial charge in [0.2, 0.25) is 11.7 Å². The van der Waals surface area contributed by atoms with Crippen molar-refractivity contribution in [3.05, 3.63) is 29.9 Å². The van der Waals surface area contributed by atoms with Crippen LogP contribution in [0.2, 0.25) is 0 Å². The van der Waals surface area contributed by atoms with Crippen LogP contribution in [0, 0.1) is 0 Å². The number of pyridine rings is 1. The van der Waals surface area contributed by atoms with Gasteiger partial charge in [0, 0.05) is 18.0 Å². The Morgan fingerprint density at radius 1 is 1.37 bits per heavy atom. The molecule has 0 aliphatic rings. The Morgan fingerprint density at radius 3 is 2.84 bits per heavy atom.